The van der Waals surface area contributed by atoms with Crippen molar-refractivity contribution in [1.29, 1.82) is 0 Å². The van der Waals surface area contributed by atoms with Crippen molar-refractivity contribution < 1.29 is 0 Å². The van der Waals surface area contributed by atoms with Crippen LogP contribution in [-0.2, 0) is 13.0 Å². The first-order valence-corrected chi connectivity index (χ1v) is 8.35. The van der Waals surface area contributed by atoms with E-state index in [0.717, 1.165) is 36.2 Å². The van der Waals surface area contributed by atoms with E-state index in [-0.39, 0.29) is 0 Å². The maximum atomic E-state index is 4.50. The summed E-state index contributed by atoms with van der Waals surface area (Å²) >= 11 is 1.68. The highest BCUT2D eigenvalue weighted by molar-refractivity contribution is 7.09. The molecular formula is C17H24N4S. The average Bonchev–Trinajstić information content (AvgIpc) is 2.88. The molecule has 1 N–H and O–H groups in total. The molecule has 118 valence electrons. The van der Waals surface area contributed by atoms with E-state index in [4.69, 9.17) is 0 Å². The van der Waals surface area contributed by atoms with Crippen molar-refractivity contribution in [2.45, 2.75) is 26.8 Å². The highest BCUT2D eigenvalue weighted by Crippen LogP contribution is 2.10. The SMILES string of the molecule is CN=C(NCCc1cccc(C)c1)N(C)Cc1csc(C)n1. The molecule has 5 heteroatoms. The van der Waals surface area contributed by atoms with Gasteiger partial charge in [-0.2, -0.15) is 0 Å². The van der Waals surface area contributed by atoms with Crippen molar-refractivity contribution in [2.24, 2.45) is 4.99 Å². The van der Waals surface area contributed by atoms with Crippen molar-refractivity contribution >= 4 is 17.3 Å². The molecule has 2 aromatic rings. The Morgan fingerprint density at radius 1 is 1.36 bits per heavy atom. The quantitative estimate of drug-likeness (QED) is 0.681. The maximum Gasteiger partial charge on any atom is 0.193 e. The second kappa shape index (κ2) is 7.94. The third-order valence-electron chi connectivity index (χ3n) is 3.42. The summed E-state index contributed by atoms with van der Waals surface area (Å²) in [7, 11) is 3.86. The van der Waals surface area contributed by atoms with Gasteiger partial charge in [-0.25, -0.2) is 4.98 Å². The van der Waals surface area contributed by atoms with Crippen LogP contribution in [0.3, 0.4) is 0 Å². The van der Waals surface area contributed by atoms with Gasteiger partial charge in [-0.3, -0.25) is 4.99 Å². The molecular weight excluding hydrogens is 292 g/mol. The zero-order valence-electron chi connectivity index (χ0n) is 13.8. The van der Waals surface area contributed by atoms with Crippen molar-refractivity contribution in [3.63, 3.8) is 0 Å². The highest BCUT2D eigenvalue weighted by atomic mass is 32.1. The summed E-state index contributed by atoms with van der Waals surface area (Å²) in [6.45, 7) is 5.80. The number of rotatable bonds is 5. The monoisotopic (exact) mass is 316 g/mol. The van der Waals surface area contributed by atoms with E-state index in [9.17, 15) is 0 Å². The number of thiazole rings is 1. The Morgan fingerprint density at radius 2 is 2.18 bits per heavy atom. The van der Waals surface area contributed by atoms with Gasteiger partial charge in [-0.15, -0.1) is 11.3 Å². The number of benzene rings is 1. The molecule has 0 amide bonds. The first-order valence-electron chi connectivity index (χ1n) is 7.47. The Hall–Kier alpha value is -1.88. The fourth-order valence-electron chi connectivity index (χ4n) is 2.37. The second-order valence-corrected chi connectivity index (χ2v) is 6.49. The zero-order chi connectivity index (χ0) is 15.9. The fraction of sp³-hybridized carbons (Fsp3) is 0.412. The van der Waals surface area contributed by atoms with E-state index in [0.29, 0.717) is 0 Å². The lowest BCUT2D eigenvalue weighted by atomic mass is 10.1. The molecule has 0 radical (unpaired) electrons. The summed E-state index contributed by atoms with van der Waals surface area (Å²) in [5.41, 5.74) is 3.74. The summed E-state index contributed by atoms with van der Waals surface area (Å²) in [5, 5.41) is 6.62. The number of guanidine groups is 1. The predicted molar refractivity (Wildman–Crippen MR) is 94.6 cm³/mol. The molecule has 0 unspecified atom stereocenters. The van der Waals surface area contributed by atoms with Gasteiger partial charge in [0.1, 0.15) is 0 Å². The number of aromatic nitrogens is 1. The van der Waals surface area contributed by atoms with Crippen LogP contribution in [0.4, 0.5) is 0 Å². The predicted octanol–water partition coefficient (Wildman–Crippen LogP) is 3.01. The molecule has 0 aliphatic rings. The van der Waals surface area contributed by atoms with E-state index in [2.05, 4.69) is 56.8 Å². The maximum absolute atomic E-state index is 4.50. The molecule has 0 aliphatic carbocycles. The van der Waals surface area contributed by atoms with Crippen LogP contribution in [-0.4, -0.2) is 36.5 Å². The molecule has 0 saturated carbocycles. The van der Waals surface area contributed by atoms with E-state index in [1.807, 2.05) is 21.0 Å². The van der Waals surface area contributed by atoms with Crippen molar-refractivity contribution in [3.8, 4) is 0 Å². The van der Waals surface area contributed by atoms with Crippen molar-refractivity contribution in [1.82, 2.24) is 15.2 Å². The molecule has 1 aromatic carbocycles. The molecule has 0 bridgehead atoms. The molecule has 22 heavy (non-hydrogen) atoms. The summed E-state index contributed by atoms with van der Waals surface area (Å²) in [4.78, 5) is 10.9. The lowest BCUT2D eigenvalue weighted by Gasteiger charge is -2.21. The summed E-state index contributed by atoms with van der Waals surface area (Å²) in [6.07, 6.45) is 0.990. The van der Waals surface area contributed by atoms with Crippen LogP contribution in [0.1, 0.15) is 21.8 Å². The second-order valence-electron chi connectivity index (χ2n) is 5.43. The standard InChI is InChI=1S/C17H24N4S/c1-13-6-5-7-15(10-13)8-9-19-17(18-3)21(4)11-16-12-22-14(2)20-16/h5-7,10,12H,8-9,11H2,1-4H3,(H,18,19). The lowest BCUT2D eigenvalue weighted by Crippen LogP contribution is -2.39. The Morgan fingerprint density at radius 3 is 2.82 bits per heavy atom. The number of nitrogens with one attached hydrogen (secondary N) is 1. The van der Waals surface area contributed by atoms with Crippen LogP contribution >= 0.6 is 11.3 Å². The number of nitrogens with zero attached hydrogens (tertiary/aromatic N) is 3. The number of aryl methyl sites for hydroxylation is 2. The molecule has 0 spiro atoms. The molecule has 2 rings (SSSR count). The van der Waals surface area contributed by atoms with Gasteiger partial charge < -0.3 is 10.2 Å². The van der Waals surface area contributed by atoms with Gasteiger partial charge in [0.25, 0.3) is 0 Å². The molecule has 0 saturated heterocycles. The molecule has 1 heterocycles. The van der Waals surface area contributed by atoms with E-state index < -0.39 is 0 Å². The van der Waals surface area contributed by atoms with Crippen LogP contribution in [0.2, 0.25) is 0 Å². The topological polar surface area (TPSA) is 40.5 Å². The van der Waals surface area contributed by atoms with Crippen molar-refractivity contribution in [2.75, 3.05) is 20.6 Å². The molecule has 0 atom stereocenters. The van der Waals surface area contributed by atoms with Gasteiger partial charge in [0.2, 0.25) is 0 Å². The summed E-state index contributed by atoms with van der Waals surface area (Å²) < 4.78 is 0. The van der Waals surface area contributed by atoms with Crippen LogP contribution in [0, 0.1) is 13.8 Å². The van der Waals surface area contributed by atoms with Gasteiger partial charge >= 0.3 is 0 Å². The van der Waals surface area contributed by atoms with Crippen molar-refractivity contribution in [3.05, 3.63) is 51.5 Å². The summed E-state index contributed by atoms with van der Waals surface area (Å²) in [5.74, 6) is 0.901. The zero-order valence-corrected chi connectivity index (χ0v) is 14.6. The highest BCUT2D eigenvalue weighted by Gasteiger charge is 2.08. The number of aliphatic imine (C=N–C) groups is 1. The van der Waals surface area contributed by atoms with Crippen LogP contribution < -0.4 is 5.32 Å². The van der Waals surface area contributed by atoms with Gasteiger partial charge in [-0.1, -0.05) is 29.8 Å². The van der Waals surface area contributed by atoms with Crippen LogP contribution in [0.5, 0.6) is 0 Å². The minimum atomic E-state index is 0.772. The van der Waals surface area contributed by atoms with Gasteiger partial charge in [0.15, 0.2) is 5.96 Å². The molecule has 0 aliphatic heterocycles. The minimum Gasteiger partial charge on any atom is -0.356 e. The molecule has 1 aromatic heterocycles. The first-order chi connectivity index (χ1) is 10.6. The van der Waals surface area contributed by atoms with Gasteiger partial charge in [0, 0.05) is 26.0 Å². The number of hydrogen-bond donors (Lipinski definition) is 1. The third-order valence-corrected chi connectivity index (χ3v) is 4.24. The normalized spacial score (nSPS) is 11.5. The average molecular weight is 316 g/mol. The van der Waals surface area contributed by atoms with E-state index in [1.165, 1.54) is 11.1 Å². The summed E-state index contributed by atoms with van der Waals surface area (Å²) in [6, 6.07) is 8.63. The third kappa shape index (κ3) is 4.84. The van der Waals surface area contributed by atoms with Crippen LogP contribution in [0.15, 0.2) is 34.6 Å². The van der Waals surface area contributed by atoms with Gasteiger partial charge in [-0.05, 0) is 25.8 Å². The molecule has 0 fully saturated rings. The smallest absolute Gasteiger partial charge is 0.193 e. The van der Waals surface area contributed by atoms with E-state index >= 15 is 0 Å². The van der Waals surface area contributed by atoms with E-state index in [1.54, 1.807) is 11.3 Å². The Kier molecular flexibility index (Phi) is 5.95. The Labute approximate surface area is 136 Å². The Balaban J connectivity index is 1.84. The largest absolute Gasteiger partial charge is 0.356 e. The lowest BCUT2D eigenvalue weighted by molar-refractivity contribution is 0.471. The minimum absolute atomic E-state index is 0.772. The molecule has 4 nitrogen and oxygen atoms in total. The number of hydrogen-bond acceptors (Lipinski definition) is 3. The first kappa shape index (κ1) is 16.5. The van der Waals surface area contributed by atoms with Crippen LogP contribution in [0.25, 0.3) is 0 Å². The fourth-order valence-corrected chi connectivity index (χ4v) is 2.97. The van der Waals surface area contributed by atoms with Gasteiger partial charge in [0.05, 0.1) is 17.2 Å². The Bertz CT molecular complexity index is 633.